The maximum Gasteiger partial charge on any atom is 0.255 e. The zero-order chi connectivity index (χ0) is 19.1. The summed E-state index contributed by atoms with van der Waals surface area (Å²) >= 11 is 1.39. The first-order valence-corrected chi connectivity index (χ1v) is 10.7. The lowest BCUT2D eigenvalue weighted by Gasteiger charge is -2.29. The summed E-state index contributed by atoms with van der Waals surface area (Å²) in [6.45, 7) is 0.750. The van der Waals surface area contributed by atoms with Crippen molar-refractivity contribution in [1.29, 1.82) is 0 Å². The van der Waals surface area contributed by atoms with Crippen molar-refractivity contribution in [2.45, 2.75) is 43.7 Å². The van der Waals surface area contributed by atoms with E-state index in [1.165, 1.54) is 17.3 Å². The number of benzene rings is 1. The molecule has 1 aliphatic heterocycles. The van der Waals surface area contributed by atoms with Crippen LogP contribution in [0.15, 0.2) is 34.2 Å². The van der Waals surface area contributed by atoms with Crippen molar-refractivity contribution in [3.63, 3.8) is 0 Å². The Bertz CT molecular complexity index is 1120. The summed E-state index contributed by atoms with van der Waals surface area (Å²) in [6, 6.07) is 8.11. The lowest BCUT2D eigenvalue weighted by Crippen LogP contribution is -2.36. The number of aromatic nitrogens is 4. The fourth-order valence-electron chi connectivity index (χ4n) is 4.24. The Kier molecular flexibility index (Phi) is 4.43. The van der Waals surface area contributed by atoms with Gasteiger partial charge in [0.25, 0.3) is 5.56 Å². The Hall–Kier alpha value is -2.61. The number of anilines is 1. The van der Waals surface area contributed by atoms with Crippen molar-refractivity contribution in [2.24, 2.45) is 0 Å². The van der Waals surface area contributed by atoms with Gasteiger partial charge < -0.3 is 4.90 Å². The number of carbonyl (C=O) groups excluding carboxylic acids is 1. The first-order valence-electron chi connectivity index (χ1n) is 9.72. The van der Waals surface area contributed by atoms with Crippen LogP contribution in [0.4, 0.5) is 5.69 Å². The van der Waals surface area contributed by atoms with Gasteiger partial charge in [0.05, 0.1) is 5.75 Å². The summed E-state index contributed by atoms with van der Waals surface area (Å²) in [6.07, 6.45) is 5.70. The number of fused-ring (bicyclic) bond motifs is 4. The van der Waals surface area contributed by atoms with E-state index in [1.807, 2.05) is 27.5 Å². The van der Waals surface area contributed by atoms with E-state index in [4.69, 9.17) is 0 Å². The average molecular weight is 395 g/mol. The minimum Gasteiger partial charge on any atom is -0.311 e. The molecule has 7 nitrogen and oxygen atoms in total. The number of nitrogens with zero attached hydrogens (tertiary/aromatic N) is 4. The smallest absolute Gasteiger partial charge is 0.255 e. The molecule has 3 heterocycles. The Balaban J connectivity index is 1.41. The zero-order valence-corrected chi connectivity index (χ0v) is 16.3. The number of para-hydroxylation sites is 1. The number of amides is 1. The Morgan fingerprint density at radius 3 is 2.89 bits per heavy atom. The van der Waals surface area contributed by atoms with Crippen molar-refractivity contribution in [1.82, 2.24) is 19.6 Å². The Morgan fingerprint density at radius 2 is 1.96 bits per heavy atom. The molecule has 1 amide bonds. The van der Waals surface area contributed by atoms with Gasteiger partial charge in [-0.05, 0) is 50.2 Å². The van der Waals surface area contributed by atoms with E-state index >= 15 is 0 Å². The minimum atomic E-state index is -0.0628. The summed E-state index contributed by atoms with van der Waals surface area (Å²) in [5, 5.41) is 9.04. The molecule has 0 saturated heterocycles. The molecule has 1 N–H and O–H groups in total. The van der Waals surface area contributed by atoms with Gasteiger partial charge in [-0.15, -0.1) is 10.2 Å². The average Bonchev–Trinajstić information content (AvgIpc) is 3.14. The molecule has 144 valence electrons. The number of nitrogens with one attached hydrogen (secondary N) is 1. The highest BCUT2D eigenvalue weighted by Gasteiger charge is 2.24. The molecule has 1 aliphatic carbocycles. The molecule has 3 aromatic rings. The van der Waals surface area contributed by atoms with Gasteiger partial charge >= 0.3 is 0 Å². The maximum absolute atomic E-state index is 12.9. The van der Waals surface area contributed by atoms with E-state index in [1.54, 1.807) is 0 Å². The molecule has 0 atom stereocenters. The van der Waals surface area contributed by atoms with Crippen molar-refractivity contribution >= 4 is 29.1 Å². The van der Waals surface area contributed by atoms with Crippen LogP contribution in [0.5, 0.6) is 0 Å². The van der Waals surface area contributed by atoms with Crippen molar-refractivity contribution < 1.29 is 4.79 Å². The van der Waals surface area contributed by atoms with Gasteiger partial charge in [0.15, 0.2) is 5.16 Å². The second kappa shape index (κ2) is 7.09. The SMILES string of the molecule is O=C(CSc1nnc2[nH]c(=O)c3c(n12)CCCC3)N1CCCc2ccccc21. The minimum absolute atomic E-state index is 0.0628. The molecule has 0 unspecified atom stereocenters. The first kappa shape index (κ1) is 17.5. The molecule has 0 fully saturated rings. The van der Waals surface area contributed by atoms with Gasteiger partial charge in [-0.25, -0.2) is 0 Å². The van der Waals surface area contributed by atoms with Gasteiger partial charge in [0.2, 0.25) is 11.7 Å². The lowest BCUT2D eigenvalue weighted by molar-refractivity contribution is -0.116. The summed E-state index contributed by atoms with van der Waals surface area (Å²) in [7, 11) is 0. The van der Waals surface area contributed by atoms with Crippen LogP contribution in [0.3, 0.4) is 0 Å². The summed E-state index contributed by atoms with van der Waals surface area (Å²) in [5.41, 5.74) is 4.01. The molecule has 8 heteroatoms. The number of hydrogen-bond donors (Lipinski definition) is 1. The van der Waals surface area contributed by atoms with E-state index in [9.17, 15) is 9.59 Å². The summed E-state index contributed by atoms with van der Waals surface area (Å²) in [5.74, 6) is 0.833. The number of carbonyl (C=O) groups is 1. The van der Waals surface area contributed by atoms with E-state index in [2.05, 4.69) is 21.2 Å². The number of rotatable bonds is 3. The highest BCUT2D eigenvalue weighted by atomic mass is 32.2. The molecule has 1 aromatic carbocycles. The largest absolute Gasteiger partial charge is 0.311 e. The quantitative estimate of drug-likeness (QED) is 0.689. The number of aromatic amines is 1. The van der Waals surface area contributed by atoms with Crippen LogP contribution in [0.25, 0.3) is 5.78 Å². The normalized spacial score (nSPS) is 16.1. The predicted octanol–water partition coefficient (Wildman–Crippen LogP) is 2.37. The van der Waals surface area contributed by atoms with Crippen LogP contribution >= 0.6 is 11.8 Å². The highest BCUT2D eigenvalue weighted by molar-refractivity contribution is 7.99. The van der Waals surface area contributed by atoms with Crippen LogP contribution in [0.1, 0.15) is 36.1 Å². The molecule has 0 radical (unpaired) electrons. The van der Waals surface area contributed by atoms with Crippen molar-refractivity contribution in [3.8, 4) is 0 Å². The standard InChI is InChI=1S/C20H21N5O2S/c26-17(24-11-5-7-13-6-1-3-9-15(13)24)12-28-20-23-22-19-21-18(27)14-8-2-4-10-16(14)25(19)20/h1,3,6,9H,2,4-5,7-8,10-12H2,(H,21,22,27). The molecule has 2 aliphatic rings. The van der Waals surface area contributed by atoms with Gasteiger partial charge in [-0.1, -0.05) is 30.0 Å². The number of aryl methyl sites for hydroxylation is 2. The monoisotopic (exact) mass is 395 g/mol. The summed E-state index contributed by atoms with van der Waals surface area (Å²) < 4.78 is 1.93. The molecule has 5 rings (SSSR count). The topological polar surface area (TPSA) is 83.4 Å². The van der Waals surface area contributed by atoms with E-state index in [0.29, 0.717) is 16.7 Å². The van der Waals surface area contributed by atoms with E-state index in [-0.39, 0.29) is 11.5 Å². The van der Waals surface area contributed by atoms with Crippen LogP contribution < -0.4 is 10.5 Å². The second-order valence-electron chi connectivity index (χ2n) is 7.29. The molecular weight excluding hydrogens is 374 g/mol. The molecular formula is C20H21N5O2S. The fraction of sp³-hybridized carbons (Fsp3) is 0.400. The van der Waals surface area contributed by atoms with Gasteiger partial charge in [-0.2, -0.15) is 0 Å². The van der Waals surface area contributed by atoms with Gasteiger partial charge in [-0.3, -0.25) is 19.0 Å². The number of hydrogen-bond acceptors (Lipinski definition) is 5. The van der Waals surface area contributed by atoms with Gasteiger partial charge in [0.1, 0.15) is 0 Å². The molecule has 0 bridgehead atoms. The molecule has 0 saturated carbocycles. The molecule has 0 spiro atoms. The molecule has 28 heavy (non-hydrogen) atoms. The van der Waals surface area contributed by atoms with Crippen LogP contribution in [-0.2, 0) is 24.1 Å². The Labute approximate surface area is 166 Å². The lowest BCUT2D eigenvalue weighted by atomic mass is 9.97. The number of H-pyrrole nitrogens is 1. The van der Waals surface area contributed by atoms with E-state index < -0.39 is 0 Å². The maximum atomic E-state index is 12.9. The van der Waals surface area contributed by atoms with Crippen LogP contribution in [-0.4, -0.2) is 37.8 Å². The molecule has 2 aromatic heterocycles. The van der Waals surface area contributed by atoms with Crippen molar-refractivity contribution in [2.75, 3.05) is 17.2 Å². The fourth-order valence-corrected chi connectivity index (χ4v) is 5.08. The highest BCUT2D eigenvalue weighted by Crippen LogP contribution is 2.28. The third-order valence-corrected chi connectivity index (χ3v) is 6.49. The Morgan fingerprint density at radius 1 is 1.11 bits per heavy atom. The van der Waals surface area contributed by atoms with E-state index in [0.717, 1.165) is 62.0 Å². The first-order chi connectivity index (χ1) is 13.7. The van der Waals surface area contributed by atoms with Crippen LogP contribution in [0.2, 0.25) is 0 Å². The predicted molar refractivity (Wildman–Crippen MR) is 108 cm³/mol. The summed E-state index contributed by atoms with van der Waals surface area (Å²) in [4.78, 5) is 29.9. The third-order valence-electron chi connectivity index (χ3n) is 5.58. The zero-order valence-electron chi connectivity index (χ0n) is 15.5. The second-order valence-corrected chi connectivity index (χ2v) is 8.24. The number of thioether (sulfide) groups is 1. The van der Waals surface area contributed by atoms with Crippen LogP contribution in [0, 0.1) is 0 Å². The van der Waals surface area contributed by atoms with Gasteiger partial charge in [0, 0.05) is 23.5 Å². The van der Waals surface area contributed by atoms with Crippen molar-refractivity contribution in [3.05, 3.63) is 51.4 Å². The third kappa shape index (κ3) is 2.92.